The Morgan fingerprint density at radius 1 is 1.26 bits per heavy atom. The normalized spacial score (nSPS) is 16.4. The standard InChI is InChI=1S/C14H20ClN3O/c1-12(19)16-6-7-17-8-10-18(11-9-17)14-5-3-2-4-13(14)15/h2-5H,6-11H2,1H3,(H,16,19). The molecule has 1 aromatic rings. The number of rotatable bonds is 4. The van der Waals surface area contributed by atoms with Gasteiger partial charge in [0.2, 0.25) is 5.91 Å². The molecule has 0 aromatic heterocycles. The minimum atomic E-state index is 0.0368. The summed E-state index contributed by atoms with van der Waals surface area (Å²) in [5.41, 5.74) is 1.12. The van der Waals surface area contributed by atoms with Crippen LogP contribution in [0.4, 0.5) is 5.69 Å². The highest BCUT2D eigenvalue weighted by Gasteiger charge is 2.18. The highest BCUT2D eigenvalue weighted by atomic mass is 35.5. The van der Waals surface area contributed by atoms with Crippen molar-refractivity contribution in [1.82, 2.24) is 10.2 Å². The fraction of sp³-hybridized carbons (Fsp3) is 0.500. The Kier molecular flexibility index (Phi) is 5.05. The number of para-hydroxylation sites is 1. The van der Waals surface area contributed by atoms with Crippen molar-refractivity contribution < 1.29 is 4.79 Å². The average molecular weight is 282 g/mol. The zero-order valence-electron chi connectivity index (χ0n) is 11.2. The zero-order valence-corrected chi connectivity index (χ0v) is 12.0. The Bertz CT molecular complexity index is 430. The maximum atomic E-state index is 10.8. The number of piperazine rings is 1. The molecule has 19 heavy (non-hydrogen) atoms. The lowest BCUT2D eigenvalue weighted by Crippen LogP contribution is -2.48. The van der Waals surface area contributed by atoms with Crippen molar-refractivity contribution in [3.8, 4) is 0 Å². The van der Waals surface area contributed by atoms with Gasteiger partial charge in [-0.15, -0.1) is 0 Å². The van der Waals surface area contributed by atoms with Crippen LogP contribution in [-0.4, -0.2) is 50.1 Å². The molecular weight excluding hydrogens is 262 g/mol. The van der Waals surface area contributed by atoms with Crippen LogP contribution in [0.3, 0.4) is 0 Å². The van der Waals surface area contributed by atoms with Crippen molar-refractivity contribution in [2.24, 2.45) is 0 Å². The number of hydrogen-bond acceptors (Lipinski definition) is 3. The van der Waals surface area contributed by atoms with E-state index in [0.717, 1.165) is 50.0 Å². The number of amides is 1. The molecule has 1 N–H and O–H groups in total. The van der Waals surface area contributed by atoms with Crippen molar-refractivity contribution in [2.45, 2.75) is 6.92 Å². The van der Waals surface area contributed by atoms with Crippen LogP contribution < -0.4 is 10.2 Å². The van der Waals surface area contributed by atoms with Crippen molar-refractivity contribution in [1.29, 1.82) is 0 Å². The molecular formula is C14H20ClN3O. The van der Waals surface area contributed by atoms with Gasteiger partial charge in [0.15, 0.2) is 0 Å². The molecule has 1 fully saturated rings. The Morgan fingerprint density at radius 2 is 1.95 bits per heavy atom. The smallest absolute Gasteiger partial charge is 0.216 e. The van der Waals surface area contributed by atoms with Crippen LogP contribution in [0, 0.1) is 0 Å². The lowest BCUT2D eigenvalue weighted by atomic mass is 10.2. The topological polar surface area (TPSA) is 35.6 Å². The predicted molar refractivity (Wildman–Crippen MR) is 78.8 cm³/mol. The van der Waals surface area contributed by atoms with E-state index in [4.69, 9.17) is 11.6 Å². The first kappa shape index (κ1) is 14.2. The number of hydrogen-bond donors (Lipinski definition) is 1. The van der Waals surface area contributed by atoms with Crippen LogP contribution >= 0.6 is 11.6 Å². The van der Waals surface area contributed by atoms with E-state index in [1.807, 2.05) is 18.2 Å². The van der Waals surface area contributed by atoms with E-state index < -0.39 is 0 Å². The molecule has 1 heterocycles. The molecule has 2 rings (SSSR count). The molecule has 4 nitrogen and oxygen atoms in total. The summed E-state index contributed by atoms with van der Waals surface area (Å²) < 4.78 is 0. The summed E-state index contributed by atoms with van der Waals surface area (Å²) in [6.07, 6.45) is 0. The van der Waals surface area contributed by atoms with Gasteiger partial charge in [-0.2, -0.15) is 0 Å². The van der Waals surface area contributed by atoms with Crippen molar-refractivity contribution in [3.63, 3.8) is 0 Å². The SMILES string of the molecule is CC(=O)NCCN1CCN(c2ccccc2Cl)CC1. The van der Waals surface area contributed by atoms with Crippen LogP contribution in [0.2, 0.25) is 5.02 Å². The van der Waals surface area contributed by atoms with Crippen molar-refractivity contribution >= 4 is 23.2 Å². The number of halogens is 1. The number of nitrogens with one attached hydrogen (secondary N) is 1. The summed E-state index contributed by atoms with van der Waals surface area (Å²) >= 11 is 6.21. The molecule has 0 atom stereocenters. The summed E-state index contributed by atoms with van der Waals surface area (Å²) in [6, 6.07) is 7.97. The van der Waals surface area contributed by atoms with Gasteiger partial charge in [0, 0.05) is 46.2 Å². The number of benzene rings is 1. The Morgan fingerprint density at radius 3 is 2.58 bits per heavy atom. The number of carbonyl (C=O) groups is 1. The van der Waals surface area contributed by atoms with Crippen molar-refractivity contribution in [2.75, 3.05) is 44.2 Å². The summed E-state index contributed by atoms with van der Waals surface area (Å²) in [5.74, 6) is 0.0368. The monoisotopic (exact) mass is 281 g/mol. The lowest BCUT2D eigenvalue weighted by Gasteiger charge is -2.36. The van der Waals surface area contributed by atoms with E-state index >= 15 is 0 Å². The maximum Gasteiger partial charge on any atom is 0.216 e. The zero-order chi connectivity index (χ0) is 13.7. The van der Waals surface area contributed by atoms with Crippen LogP contribution in [0.5, 0.6) is 0 Å². The first-order valence-electron chi connectivity index (χ1n) is 6.63. The molecule has 1 aliphatic heterocycles. The molecule has 0 bridgehead atoms. The second kappa shape index (κ2) is 6.78. The molecule has 1 aliphatic rings. The number of nitrogens with zero attached hydrogens (tertiary/aromatic N) is 2. The first-order chi connectivity index (χ1) is 9.16. The fourth-order valence-corrected chi connectivity index (χ4v) is 2.57. The van der Waals surface area contributed by atoms with Gasteiger partial charge in [0.05, 0.1) is 10.7 Å². The average Bonchev–Trinajstić information content (AvgIpc) is 2.40. The van der Waals surface area contributed by atoms with Gasteiger partial charge in [-0.05, 0) is 12.1 Å². The van der Waals surface area contributed by atoms with Gasteiger partial charge in [0.1, 0.15) is 0 Å². The quantitative estimate of drug-likeness (QED) is 0.911. The van der Waals surface area contributed by atoms with Crippen molar-refractivity contribution in [3.05, 3.63) is 29.3 Å². The molecule has 0 saturated carbocycles. The van der Waals surface area contributed by atoms with Gasteiger partial charge in [-0.1, -0.05) is 23.7 Å². The van der Waals surface area contributed by atoms with Gasteiger partial charge in [-0.3, -0.25) is 9.69 Å². The number of carbonyl (C=O) groups excluding carboxylic acids is 1. The van der Waals surface area contributed by atoms with Gasteiger partial charge in [-0.25, -0.2) is 0 Å². The third kappa shape index (κ3) is 4.11. The highest BCUT2D eigenvalue weighted by Crippen LogP contribution is 2.25. The van der Waals surface area contributed by atoms with Gasteiger partial charge in [0.25, 0.3) is 0 Å². The summed E-state index contributed by atoms with van der Waals surface area (Å²) in [4.78, 5) is 15.5. The molecule has 0 aliphatic carbocycles. The van der Waals surface area contributed by atoms with Gasteiger partial charge >= 0.3 is 0 Å². The Hall–Kier alpha value is -1.26. The predicted octanol–water partition coefficient (Wildman–Crippen LogP) is 1.60. The summed E-state index contributed by atoms with van der Waals surface area (Å²) in [6.45, 7) is 7.15. The summed E-state index contributed by atoms with van der Waals surface area (Å²) in [5, 5.41) is 3.64. The minimum absolute atomic E-state index is 0.0368. The fourth-order valence-electron chi connectivity index (χ4n) is 2.31. The molecule has 1 saturated heterocycles. The summed E-state index contributed by atoms with van der Waals surface area (Å²) in [7, 11) is 0. The second-order valence-electron chi connectivity index (χ2n) is 4.76. The first-order valence-corrected chi connectivity index (χ1v) is 7.01. The van der Waals surface area contributed by atoms with E-state index in [2.05, 4.69) is 21.2 Å². The number of anilines is 1. The van der Waals surface area contributed by atoms with Gasteiger partial charge < -0.3 is 10.2 Å². The Labute approximate surface area is 119 Å². The third-order valence-corrected chi connectivity index (χ3v) is 3.69. The van der Waals surface area contributed by atoms with Crippen LogP contribution in [0.25, 0.3) is 0 Å². The van der Waals surface area contributed by atoms with E-state index in [0.29, 0.717) is 0 Å². The Balaban J connectivity index is 1.79. The lowest BCUT2D eigenvalue weighted by molar-refractivity contribution is -0.119. The molecule has 104 valence electrons. The van der Waals surface area contributed by atoms with E-state index in [-0.39, 0.29) is 5.91 Å². The largest absolute Gasteiger partial charge is 0.368 e. The molecule has 0 unspecified atom stereocenters. The van der Waals surface area contributed by atoms with Crippen LogP contribution in [0.15, 0.2) is 24.3 Å². The van der Waals surface area contributed by atoms with Crippen LogP contribution in [0.1, 0.15) is 6.92 Å². The molecule has 1 aromatic carbocycles. The molecule has 0 spiro atoms. The molecule has 0 radical (unpaired) electrons. The van der Waals surface area contributed by atoms with E-state index in [1.165, 1.54) is 0 Å². The second-order valence-corrected chi connectivity index (χ2v) is 5.17. The van der Waals surface area contributed by atoms with Crippen LogP contribution in [-0.2, 0) is 4.79 Å². The maximum absolute atomic E-state index is 10.8. The highest BCUT2D eigenvalue weighted by molar-refractivity contribution is 6.33. The molecule has 5 heteroatoms. The molecule has 1 amide bonds. The van der Waals surface area contributed by atoms with E-state index in [9.17, 15) is 4.79 Å². The third-order valence-electron chi connectivity index (χ3n) is 3.37. The minimum Gasteiger partial charge on any atom is -0.368 e. The van der Waals surface area contributed by atoms with E-state index in [1.54, 1.807) is 6.92 Å².